The summed E-state index contributed by atoms with van der Waals surface area (Å²) in [5.41, 5.74) is 6.58. The average Bonchev–Trinajstić information content (AvgIpc) is 3.07. The number of sulfonamides is 1. The molecule has 0 unspecified atom stereocenters. The van der Waals surface area contributed by atoms with Crippen LogP contribution in [0.3, 0.4) is 0 Å². The van der Waals surface area contributed by atoms with Gasteiger partial charge in [-0.3, -0.25) is 0 Å². The fourth-order valence-electron chi connectivity index (χ4n) is 3.61. The molecule has 0 radical (unpaired) electrons. The maximum atomic E-state index is 12.8. The maximum Gasteiger partial charge on any atom is 0.245 e. The molecule has 0 spiro atoms. The summed E-state index contributed by atoms with van der Waals surface area (Å²) in [6, 6.07) is 13.0. The Morgan fingerprint density at radius 1 is 1.09 bits per heavy atom. The third kappa shape index (κ3) is 4.77. The number of nitrogens with one attached hydrogen (secondary N) is 1. The Kier molecular flexibility index (Phi) is 6.45. The van der Waals surface area contributed by atoms with Crippen LogP contribution in [0, 0.1) is 0 Å². The highest BCUT2D eigenvalue weighted by Crippen LogP contribution is 2.37. The second-order valence-electron chi connectivity index (χ2n) is 7.57. The first kappa shape index (κ1) is 22.3. The van der Waals surface area contributed by atoms with E-state index >= 15 is 0 Å². The van der Waals surface area contributed by atoms with Crippen molar-refractivity contribution in [2.45, 2.75) is 43.0 Å². The first-order valence-electron chi connectivity index (χ1n) is 10.2. The maximum absolute atomic E-state index is 12.8. The molecule has 2 aromatic carbocycles. The molecule has 0 saturated heterocycles. The third-order valence-electron chi connectivity index (χ3n) is 5.28. The van der Waals surface area contributed by atoms with Crippen LogP contribution in [0.5, 0.6) is 5.88 Å². The van der Waals surface area contributed by atoms with Gasteiger partial charge < -0.3 is 10.8 Å². The summed E-state index contributed by atoms with van der Waals surface area (Å²) in [5.74, 6) is -0.328. The molecule has 1 aromatic heterocycles. The molecule has 1 fully saturated rings. The number of halogens is 1. The van der Waals surface area contributed by atoms with E-state index in [1.165, 1.54) is 22.9 Å². The molecule has 168 valence electrons. The fourth-order valence-corrected chi connectivity index (χ4v) is 5.09. The van der Waals surface area contributed by atoms with Crippen molar-refractivity contribution in [1.82, 2.24) is 14.5 Å². The lowest BCUT2D eigenvalue weighted by molar-refractivity contribution is 0.412. The highest BCUT2D eigenvalue weighted by atomic mass is 35.5. The number of nitrogen functional groups attached to an aromatic ring is 1. The average molecular weight is 475 g/mol. The van der Waals surface area contributed by atoms with E-state index in [2.05, 4.69) is 20.0 Å². The van der Waals surface area contributed by atoms with Crippen LogP contribution >= 0.6 is 11.6 Å². The van der Waals surface area contributed by atoms with Crippen LogP contribution in [0.15, 0.2) is 63.7 Å². The van der Waals surface area contributed by atoms with Gasteiger partial charge in [-0.2, -0.15) is 4.68 Å². The van der Waals surface area contributed by atoms with E-state index in [0.29, 0.717) is 5.69 Å². The summed E-state index contributed by atoms with van der Waals surface area (Å²) in [5, 5.41) is 22.8. The Bertz CT molecular complexity index is 1240. The van der Waals surface area contributed by atoms with Crippen molar-refractivity contribution in [2.24, 2.45) is 10.2 Å². The SMILES string of the molecule is Nc1nn(-c2ccccc2)c(O)c1/N=N/c1cc(S(=O)(=O)NC2CCCCC2)ccc1Cl. The molecule has 4 N–H and O–H groups in total. The van der Waals surface area contributed by atoms with Crippen molar-refractivity contribution in [1.29, 1.82) is 0 Å². The molecule has 3 aromatic rings. The number of rotatable bonds is 6. The lowest BCUT2D eigenvalue weighted by Crippen LogP contribution is -2.36. The van der Waals surface area contributed by atoms with Gasteiger partial charge >= 0.3 is 0 Å². The zero-order chi connectivity index (χ0) is 22.7. The Balaban J connectivity index is 1.61. The van der Waals surface area contributed by atoms with E-state index < -0.39 is 10.0 Å². The Labute approximate surface area is 191 Å². The summed E-state index contributed by atoms with van der Waals surface area (Å²) in [7, 11) is -3.73. The van der Waals surface area contributed by atoms with Gasteiger partial charge in [-0.05, 0) is 43.2 Å². The highest BCUT2D eigenvalue weighted by Gasteiger charge is 2.23. The van der Waals surface area contributed by atoms with Gasteiger partial charge in [-0.1, -0.05) is 49.1 Å². The van der Waals surface area contributed by atoms with Crippen LogP contribution in [0.4, 0.5) is 17.2 Å². The summed E-state index contributed by atoms with van der Waals surface area (Å²) in [6.07, 6.45) is 4.79. The molecule has 0 atom stereocenters. The second kappa shape index (κ2) is 9.27. The Morgan fingerprint density at radius 3 is 2.53 bits per heavy atom. The molecule has 9 nitrogen and oxygen atoms in total. The largest absolute Gasteiger partial charge is 0.492 e. The van der Waals surface area contributed by atoms with Gasteiger partial charge in [0.05, 0.1) is 15.6 Å². The summed E-state index contributed by atoms with van der Waals surface area (Å²) >= 11 is 6.20. The Hall–Kier alpha value is -2.95. The van der Waals surface area contributed by atoms with Crippen LogP contribution in [0.1, 0.15) is 32.1 Å². The number of hydrogen-bond donors (Lipinski definition) is 3. The van der Waals surface area contributed by atoms with Crippen molar-refractivity contribution in [3.05, 3.63) is 53.6 Å². The fraction of sp³-hybridized carbons (Fsp3) is 0.286. The number of azo groups is 1. The standard InChI is InChI=1S/C21H23ClN6O3S/c22-17-12-11-16(32(30,31)27-14-7-3-1-4-8-14)13-18(17)24-25-19-20(23)26-28(21(19)29)15-9-5-2-6-10-15/h2,5-6,9-14,27,29H,1,3-4,7-8H2,(H2,23,26)/b25-24+. The van der Waals surface area contributed by atoms with E-state index in [1.807, 2.05) is 6.07 Å². The number of aromatic nitrogens is 2. The van der Waals surface area contributed by atoms with E-state index in [-0.39, 0.29) is 39.0 Å². The lowest BCUT2D eigenvalue weighted by Gasteiger charge is -2.22. The van der Waals surface area contributed by atoms with Crippen molar-refractivity contribution in [2.75, 3.05) is 5.73 Å². The van der Waals surface area contributed by atoms with E-state index in [0.717, 1.165) is 32.1 Å². The molecule has 4 rings (SSSR count). The molecular formula is C21H23ClN6O3S. The number of aromatic hydroxyl groups is 1. The third-order valence-corrected chi connectivity index (χ3v) is 7.11. The topological polar surface area (TPSA) is 135 Å². The van der Waals surface area contributed by atoms with Crippen molar-refractivity contribution in [3.63, 3.8) is 0 Å². The van der Waals surface area contributed by atoms with Crippen LogP contribution in [0.2, 0.25) is 5.02 Å². The monoisotopic (exact) mass is 474 g/mol. The van der Waals surface area contributed by atoms with E-state index in [1.54, 1.807) is 24.3 Å². The van der Waals surface area contributed by atoms with Crippen molar-refractivity contribution >= 4 is 38.8 Å². The van der Waals surface area contributed by atoms with Crippen LogP contribution in [-0.2, 0) is 10.0 Å². The Morgan fingerprint density at radius 2 is 1.81 bits per heavy atom. The molecule has 11 heteroatoms. The molecular weight excluding hydrogens is 452 g/mol. The van der Waals surface area contributed by atoms with Crippen LogP contribution < -0.4 is 10.5 Å². The second-order valence-corrected chi connectivity index (χ2v) is 9.70. The van der Waals surface area contributed by atoms with Gasteiger partial charge in [0.1, 0.15) is 5.69 Å². The molecule has 32 heavy (non-hydrogen) atoms. The first-order valence-corrected chi connectivity index (χ1v) is 12.1. The molecule has 1 aliphatic carbocycles. The summed E-state index contributed by atoms with van der Waals surface area (Å²) < 4.78 is 29.6. The van der Waals surface area contributed by atoms with Gasteiger partial charge in [0.2, 0.25) is 15.9 Å². The number of nitrogens with zero attached hydrogens (tertiary/aromatic N) is 4. The van der Waals surface area contributed by atoms with Gasteiger partial charge in [-0.15, -0.1) is 15.3 Å². The minimum Gasteiger partial charge on any atom is -0.492 e. The van der Waals surface area contributed by atoms with Gasteiger partial charge in [0.25, 0.3) is 0 Å². The van der Waals surface area contributed by atoms with Gasteiger partial charge in [0, 0.05) is 6.04 Å². The predicted molar refractivity (Wildman–Crippen MR) is 122 cm³/mol. The molecule has 1 saturated carbocycles. The molecule has 0 bridgehead atoms. The quantitative estimate of drug-likeness (QED) is 0.439. The van der Waals surface area contributed by atoms with Gasteiger partial charge in [0.15, 0.2) is 11.5 Å². The normalized spacial score (nSPS) is 15.4. The molecule has 1 heterocycles. The molecule has 0 aliphatic heterocycles. The molecule has 1 aliphatic rings. The minimum atomic E-state index is -3.73. The van der Waals surface area contributed by atoms with Crippen molar-refractivity contribution < 1.29 is 13.5 Å². The van der Waals surface area contributed by atoms with Crippen LogP contribution in [-0.4, -0.2) is 29.3 Å². The first-order chi connectivity index (χ1) is 15.3. The minimum absolute atomic E-state index is 0.0334. The van der Waals surface area contributed by atoms with E-state index in [9.17, 15) is 13.5 Å². The zero-order valence-corrected chi connectivity index (χ0v) is 18.7. The van der Waals surface area contributed by atoms with Crippen LogP contribution in [0.25, 0.3) is 5.69 Å². The smallest absolute Gasteiger partial charge is 0.245 e. The number of anilines is 1. The lowest BCUT2D eigenvalue weighted by atomic mass is 9.96. The number of nitrogens with two attached hydrogens (primary N) is 1. The van der Waals surface area contributed by atoms with Crippen molar-refractivity contribution in [3.8, 4) is 11.6 Å². The predicted octanol–water partition coefficient (Wildman–Crippen LogP) is 4.84. The summed E-state index contributed by atoms with van der Waals surface area (Å²) in [4.78, 5) is 0.0404. The molecule has 0 amide bonds. The number of hydrogen-bond acceptors (Lipinski definition) is 7. The van der Waals surface area contributed by atoms with Gasteiger partial charge in [-0.25, -0.2) is 13.1 Å². The number of para-hydroxylation sites is 1. The zero-order valence-electron chi connectivity index (χ0n) is 17.1. The number of benzene rings is 2. The van der Waals surface area contributed by atoms with E-state index in [4.69, 9.17) is 17.3 Å². The highest BCUT2D eigenvalue weighted by molar-refractivity contribution is 7.89. The summed E-state index contributed by atoms with van der Waals surface area (Å²) in [6.45, 7) is 0.